The largest absolute Gasteiger partial charge is 0.493 e. The monoisotopic (exact) mass is 477 g/mol. The average Bonchev–Trinajstić information content (AvgIpc) is 3.29. The number of aliphatic hydroxyl groups is 1. The fourth-order valence-electron chi connectivity index (χ4n) is 3.93. The highest BCUT2D eigenvalue weighted by molar-refractivity contribution is 9.10. The second-order valence-corrected chi connectivity index (χ2v) is 8.56. The maximum atomic E-state index is 10.6. The smallest absolute Gasteiger partial charge is 0.175 e. The Morgan fingerprint density at radius 1 is 1.13 bits per heavy atom. The fourth-order valence-corrected chi connectivity index (χ4v) is 4.54. The van der Waals surface area contributed by atoms with Gasteiger partial charge in [0.1, 0.15) is 25.9 Å². The SMILES string of the molecule is COc1cc(CNC2CCCC2)cc(Br)c1OCC(O)c1ccc2c(c1)OCCO2. The summed E-state index contributed by atoms with van der Waals surface area (Å²) in [6.07, 6.45) is 4.31. The molecule has 1 heterocycles. The molecule has 2 aromatic rings. The highest BCUT2D eigenvalue weighted by atomic mass is 79.9. The van der Waals surface area contributed by atoms with Gasteiger partial charge in [0.2, 0.25) is 0 Å². The van der Waals surface area contributed by atoms with Gasteiger partial charge in [-0.25, -0.2) is 0 Å². The van der Waals surface area contributed by atoms with Crippen LogP contribution in [0.4, 0.5) is 0 Å². The lowest BCUT2D eigenvalue weighted by atomic mass is 10.1. The molecule has 1 aliphatic carbocycles. The van der Waals surface area contributed by atoms with E-state index >= 15 is 0 Å². The average molecular weight is 478 g/mol. The molecule has 4 rings (SSSR count). The van der Waals surface area contributed by atoms with Gasteiger partial charge in [0.15, 0.2) is 23.0 Å². The van der Waals surface area contributed by atoms with Crippen LogP contribution in [0.5, 0.6) is 23.0 Å². The van der Waals surface area contributed by atoms with Crippen LogP contribution >= 0.6 is 15.9 Å². The first-order valence-corrected chi connectivity index (χ1v) is 11.2. The summed E-state index contributed by atoms with van der Waals surface area (Å²) in [4.78, 5) is 0. The minimum Gasteiger partial charge on any atom is -0.493 e. The van der Waals surface area contributed by atoms with Crippen LogP contribution in [0.25, 0.3) is 0 Å². The summed E-state index contributed by atoms with van der Waals surface area (Å²) < 4.78 is 23.4. The summed E-state index contributed by atoms with van der Waals surface area (Å²) in [7, 11) is 1.63. The van der Waals surface area contributed by atoms with E-state index in [4.69, 9.17) is 18.9 Å². The van der Waals surface area contributed by atoms with Crippen molar-refractivity contribution in [2.75, 3.05) is 26.9 Å². The van der Waals surface area contributed by atoms with Gasteiger partial charge in [0.25, 0.3) is 0 Å². The molecule has 1 fully saturated rings. The van der Waals surface area contributed by atoms with Crippen LogP contribution in [0.3, 0.4) is 0 Å². The number of hydrogen-bond donors (Lipinski definition) is 2. The highest BCUT2D eigenvalue weighted by Gasteiger charge is 2.19. The lowest BCUT2D eigenvalue weighted by molar-refractivity contribution is 0.105. The number of methoxy groups -OCH3 is 1. The van der Waals surface area contributed by atoms with Crippen molar-refractivity contribution >= 4 is 15.9 Å². The zero-order chi connectivity index (χ0) is 20.9. The van der Waals surface area contributed by atoms with Gasteiger partial charge in [0.05, 0.1) is 11.6 Å². The number of halogens is 1. The number of nitrogens with one attached hydrogen (secondary N) is 1. The number of ether oxygens (including phenoxy) is 4. The van der Waals surface area contributed by atoms with Crippen LogP contribution in [0.15, 0.2) is 34.8 Å². The zero-order valence-corrected chi connectivity index (χ0v) is 18.7. The van der Waals surface area contributed by atoms with Crippen LogP contribution < -0.4 is 24.3 Å². The molecule has 1 unspecified atom stereocenters. The Bertz CT molecular complexity index is 869. The molecule has 0 amide bonds. The molecule has 1 atom stereocenters. The molecule has 2 aliphatic rings. The van der Waals surface area contributed by atoms with Gasteiger partial charge in [-0.1, -0.05) is 18.9 Å². The molecule has 1 aliphatic heterocycles. The maximum absolute atomic E-state index is 10.6. The number of hydrogen-bond acceptors (Lipinski definition) is 6. The van der Waals surface area contributed by atoms with Crippen LogP contribution in [0, 0.1) is 0 Å². The minimum absolute atomic E-state index is 0.0915. The van der Waals surface area contributed by atoms with Crippen molar-refractivity contribution in [3.8, 4) is 23.0 Å². The van der Waals surface area contributed by atoms with Crippen molar-refractivity contribution in [1.82, 2.24) is 5.32 Å². The van der Waals surface area contributed by atoms with Crippen molar-refractivity contribution in [1.29, 1.82) is 0 Å². The molecule has 30 heavy (non-hydrogen) atoms. The van der Waals surface area contributed by atoms with Gasteiger partial charge in [-0.3, -0.25) is 0 Å². The predicted octanol–water partition coefficient (Wildman–Crippen LogP) is 4.37. The molecular formula is C23H28BrNO5. The fraction of sp³-hybridized carbons (Fsp3) is 0.478. The number of fused-ring (bicyclic) bond motifs is 1. The molecule has 0 bridgehead atoms. The third-order valence-corrected chi connectivity index (χ3v) is 6.16. The molecule has 7 heteroatoms. The lowest BCUT2D eigenvalue weighted by Gasteiger charge is -2.21. The Balaban J connectivity index is 1.40. The van der Waals surface area contributed by atoms with Crippen LogP contribution in [-0.2, 0) is 6.54 Å². The molecule has 0 radical (unpaired) electrons. The van der Waals surface area contributed by atoms with Gasteiger partial charge >= 0.3 is 0 Å². The van der Waals surface area contributed by atoms with Gasteiger partial charge in [-0.15, -0.1) is 0 Å². The highest BCUT2D eigenvalue weighted by Crippen LogP contribution is 2.38. The third kappa shape index (κ3) is 5.02. The first kappa shape index (κ1) is 21.3. The first-order valence-electron chi connectivity index (χ1n) is 10.4. The Labute approximate surface area is 185 Å². The van der Waals surface area contributed by atoms with Crippen LogP contribution in [0.2, 0.25) is 0 Å². The zero-order valence-electron chi connectivity index (χ0n) is 17.2. The molecule has 6 nitrogen and oxygen atoms in total. The van der Waals surface area contributed by atoms with E-state index < -0.39 is 6.10 Å². The third-order valence-electron chi connectivity index (χ3n) is 5.58. The van der Waals surface area contributed by atoms with Crippen molar-refractivity contribution in [2.45, 2.75) is 44.4 Å². The molecule has 0 spiro atoms. The summed E-state index contributed by atoms with van der Waals surface area (Å²) in [5.41, 5.74) is 1.84. The first-order chi connectivity index (χ1) is 14.6. The van der Waals surface area contributed by atoms with Crippen LogP contribution in [-0.4, -0.2) is 38.1 Å². The normalized spacial score (nSPS) is 17.0. The van der Waals surface area contributed by atoms with Gasteiger partial charge < -0.3 is 29.4 Å². The van der Waals surface area contributed by atoms with Crippen molar-refractivity contribution in [3.05, 3.63) is 45.9 Å². The number of benzene rings is 2. The van der Waals surface area contributed by atoms with Gasteiger partial charge in [-0.2, -0.15) is 0 Å². The topological polar surface area (TPSA) is 69.2 Å². The minimum atomic E-state index is -0.804. The summed E-state index contributed by atoms with van der Waals surface area (Å²) >= 11 is 3.60. The van der Waals surface area contributed by atoms with Crippen molar-refractivity contribution in [2.24, 2.45) is 0 Å². The molecular weight excluding hydrogens is 450 g/mol. The van der Waals surface area contributed by atoms with E-state index in [9.17, 15) is 5.11 Å². The quantitative estimate of drug-likeness (QED) is 0.587. The van der Waals surface area contributed by atoms with Crippen molar-refractivity contribution in [3.63, 3.8) is 0 Å². The Kier molecular flexibility index (Phi) is 7.02. The van der Waals surface area contributed by atoms with Crippen molar-refractivity contribution < 1.29 is 24.1 Å². The second kappa shape index (κ2) is 9.90. The molecule has 2 N–H and O–H groups in total. The number of rotatable bonds is 8. The Hall–Kier alpha value is -1.96. The molecule has 162 valence electrons. The standard InChI is InChI=1S/C23H28BrNO5/c1-27-22-11-15(13-25-17-4-2-3-5-17)10-18(24)23(22)30-14-19(26)16-6-7-20-21(12-16)29-9-8-28-20/h6-7,10-12,17,19,25-26H,2-5,8-9,13-14H2,1H3. The summed E-state index contributed by atoms with van der Waals surface area (Å²) in [6.45, 7) is 1.93. The predicted molar refractivity (Wildman–Crippen MR) is 118 cm³/mol. The van der Waals surface area contributed by atoms with Crippen LogP contribution in [0.1, 0.15) is 42.9 Å². The molecule has 0 saturated heterocycles. The maximum Gasteiger partial charge on any atom is 0.175 e. The number of aliphatic hydroxyl groups excluding tert-OH is 1. The van der Waals surface area contributed by atoms with E-state index in [-0.39, 0.29) is 6.61 Å². The second-order valence-electron chi connectivity index (χ2n) is 7.70. The van der Waals surface area contributed by atoms with E-state index in [0.29, 0.717) is 47.8 Å². The van der Waals surface area contributed by atoms with E-state index in [0.717, 1.165) is 16.6 Å². The summed E-state index contributed by atoms with van der Waals surface area (Å²) in [5.74, 6) is 2.57. The Morgan fingerprint density at radius 3 is 2.67 bits per heavy atom. The van der Waals surface area contributed by atoms with E-state index in [1.807, 2.05) is 24.3 Å². The van der Waals surface area contributed by atoms with Gasteiger partial charge in [-0.05, 0) is 64.2 Å². The molecule has 1 saturated carbocycles. The van der Waals surface area contributed by atoms with E-state index in [1.54, 1.807) is 13.2 Å². The summed E-state index contributed by atoms with van der Waals surface area (Å²) in [6, 6.07) is 10.1. The molecule has 0 aromatic heterocycles. The lowest BCUT2D eigenvalue weighted by Crippen LogP contribution is -2.25. The van der Waals surface area contributed by atoms with E-state index in [2.05, 4.69) is 21.2 Å². The Morgan fingerprint density at radius 2 is 1.90 bits per heavy atom. The summed E-state index contributed by atoms with van der Waals surface area (Å²) in [5, 5.41) is 14.2. The molecule has 2 aromatic carbocycles. The van der Waals surface area contributed by atoms with Gasteiger partial charge in [0, 0.05) is 12.6 Å². The van der Waals surface area contributed by atoms with E-state index in [1.165, 1.54) is 25.7 Å².